The van der Waals surface area contributed by atoms with Crippen LogP contribution in [-0.2, 0) is 19.0 Å². The van der Waals surface area contributed by atoms with Crippen LogP contribution in [-0.4, -0.2) is 39.0 Å². The van der Waals surface area contributed by atoms with Crippen molar-refractivity contribution >= 4 is 5.97 Å². The molecule has 0 radical (unpaired) electrons. The Balaban J connectivity index is 3.16. The lowest BCUT2D eigenvalue weighted by Gasteiger charge is -2.06. The van der Waals surface area contributed by atoms with Crippen LogP contribution in [0.2, 0.25) is 0 Å². The van der Waals surface area contributed by atoms with Crippen molar-refractivity contribution < 1.29 is 19.0 Å². The molecule has 0 fully saturated rings. The minimum Gasteiger partial charge on any atom is -0.466 e. The van der Waals surface area contributed by atoms with Crippen molar-refractivity contribution in [1.82, 2.24) is 0 Å². The lowest BCUT2D eigenvalue weighted by molar-refractivity contribution is -0.144. The van der Waals surface area contributed by atoms with Gasteiger partial charge in [-0.2, -0.15) is 0 Å². The summed E-state index contributed by atoms with van der Waals surface area (Å²) < 4.78 is 15.7. The lowest BCUT2D eigenvalue weighted by atomic mass is 10.0. The summed E-state index contributed by atoms with van der Waals surface area (Å²) in [5.74, 6) is 0.684. The molecule has 0 saturated carbocycles. The van der Waals surface area contributed by atoms with E-state index in [-0.39, 0.29) is 5.97 Å². The van der Waals surface area contributed by atoms with Crippen LogP contribution in [0.5, 0.6) is 0 Å². The number of carbonyl (C=O) groups is 1. The maximum atomic E-state index is 11.5. The van der Waals surface area contributed by atoms with E-state index < -0.39 is 0 Å². The van der Waals surface area contributed by atoms with Gasteiger partial charge in [-0.25, -0.2) is 0 Å². The fourth-order valence-corrected chi connectivity index (χ4v) is 1.95. The van der Waals surface area contributed by atoms with Crippen LogP contribution in [0.25, 0.3) is 0 Å². The summed E-state index contributed by atoms with van der Waals surface area (Å²) in [6, 6.07) is 0. The summed E-state index contributed by atoms with van der Waals surface area (Å²) in [4.78, 5) is 11.5. The highest BCUT2D eigenvalue weighted by atomic mass is 16.5. The summed E-state index contributed by atoms with van der Waals surface area (Å²) in [5.41, 5.74) is 0. The molecule has 4 heteroatoms. The number of carbonyl (C=O) groups excluding carboxylic acids is 1. The predicted octanol–water partition coefficient (Wildman–Crippen LogP) is 3.97. The van der Waals surface area contributed by atoms with Crippen LogP contribution in [0.15, 0.2) is 0 Å². The zero-order valence-electron chi connectivity index (χ0n) is 14.2. The lowest BCUT2D eigenvalue weighted by Crippen LogP contribution is -2.09. The molecule has 0 heterocycles. The highest BCUT2D eigenvalue weighted by Crippen LogP contribution is 2.09. The topological polar surface area (TPSA) is 44.8 Å². The molecule has 0 aliphatic carbocycles. The van der Waals surface area contributed by atoms with Crippen LogP contribution in [0, 0.1) is 5.92 Å². The molecule has 0 aromatic rings. The Morgan fingerprint density at radius 2 is 1.57 bits per heavy atom. The largest absolute Gasteiger partial charge is 0.466 e. The molecule has 0 bridgehead atoms. The van der Waals surface area contributed by atoms with Crippen molar-refractivity contribution in [2.75, 3.05) is 33.0 Å². The van der Waals surface area contributed by atoms with E-state index in [1.807, 2.05) is 6.92 Å². The van der Waals surface area contributed by atoms with Gasteiger partial charge in [0.25, 0.3) is 0 Å². The Kier molecular flexibility index (Phi) is 15.3. The van der Waals surface area contributed by atoms with Gasteiger partial charge in [-0.1, -0.05) is 39.5 Å². The van der Waals surface area contributed by atoms with Crippen molar-refractivity contribution in [2.24, 2.45) is 5.92 Å². The zero-order chi connectivity index (χ0) is 15.8. The first-order valence-electron chi connectivity index (χ1n) is 8.48. The molecular weight excluding hydrogens is 268 g/mol. The third-order valence-electron chi connectivity index (χ3n) is 3.18. The van der Waals surface area contributed by atoms with Gasteiger partial charge in [0.15, 0.2) is 0 Å². The smallest absolute Gasteiger partial charge is 0.305 e. The van der Waals surface area contributed by atoms with Crippen LogP contribution in [0.1, 0.15) is 65.7 Å². The second-order valence-electron chi connectivity index (χ2n) is 5.73. The quantitative estimate of drug-likeness (QED) is 0.339. The monoisotopic (exact) mass is 302 g/mol. The molecule has 0 atom stereocenters. The molecule has 4 nitrogen and oxygen atoms in total. The van der Waals surface area contributed by atoms with E-state index in [0.717, 1.165) is 25.2 Å². The molecule has 21 heavy (non-hydrogen) atoms. The van der Waals surface area contributed by atoms with Crippen molar-refractivity contribution in [1.29, 1.82) is 0 Å². The van der Waals surface area contributed by atoms with E-state index in [9.17, 15) is 4.79 Å². The van der Waals surface area contributed by atoms with E-state index in [0.29, 0.717) is 39.5 Å². The Labute approximate surface area is 130 Å². The van der Waals surface area contributed by atoms with Crippen LogP contribution >= 0.6 is 0 Å². The highest BCUT2D eigenvalue weighted by Gasteiger charge is 2.02. The van der Waals surface area contributed by atoms with Crippen LogP contribution in [0.3, 0.4) is 0 Å². The molecule has 0 saturated heterocycles. The zero-order valence-corrected chi connectivity index (χ0v) is 14.2. The van der Waals surface area contributed by atoms with Gasteiger partial charge in [0.2, 0.25) is 0 Å². The van der Waals surface area contributed by atoms with E-state index in [1.165, 1.54) is 19.3 Å². The van der Waals surface area contributed by atoms with E-state index in [2.05, 4.69) is 13.8 Å². The second-order valence-corrected chi connectivity index (χ2v) is 5.73. The third kappa shape index (κ3) is 17.3. The van der Waals surface area contributed by atoms with Gasteiger partial charge in [-0.3, -0.25) is 4.79 Å². The molecule has 0 unspecified atom stereocenters. The van der Waals surface area contributed by atoms with E-state index in [4.69, 9.17) is 14.2 Å². The van der Waals surface area contributed by atoms with Gasteiger partial charge < -0.3 is 14.2 Å². The molecule has 0 rings (SSSR count). The molecule has 0 amide bonds. The first-order chi connectivity index (χ1) is 10.2. The maximum absolute atomic E-state index is 11.5. The van der Waals surface area contributed by atoms with Gasteiger partial charge in [0.1, 0.15) is 0 Å². The highest BCUT2D eigenvalue weighted by molar-refractivity contribution is 5.69. The fourth-order valence-electron chi connectivity index (χ4n) is 1.95. The predicted molar refractivity (Wildman–Crippen MR) is 85.4 cm³/mol. The Bertz CT molecular complexity index is 229. The van der Waals surface area contributed by atoms with Gasteiger partial charge >= 0.3 is 5.97 Å². The molecule has 0 N–H and O–H groups in total. The number of hydrogen-bond acceptors (Lipinski definition) is 4. The molecule has 0 aliphatic heterocycles. The van der Waals surface area contributed by atoms with Crippen LogP contribution < -0.4 is 0 Å². The molecule has 126 valence electrons. The van der Waals surface area contributed by atoms with Crippen LogP contribution in [0.4, 0.5) is 0 Å². The average molecular weight is 302 g/mol. The minimum absolute atomic E-state index is 0.106. The van der Waals surface area contributed by atoms with Gasteiger partial charge in [0, 0.05) is 19.6 Å². The molecule has 0 spiro atoms. The SMILES string of the molecule is CCOCCOCCCC(=O)OCCCCCCC(C)C. The van der Waals surface area contributed by atoms with E-state index in [1.54, 1.807) is 0 Å². The van der Waals surface area contributed by atoms with Crippen molar-refractivity contribution in [3.8, 4) is 0 Å². The normalized spacial score (nSPS) is 11.0. The second kappa shape index (κ2) is 15.8. The first kappa shape index (κ1) is 20.4. The summed E-state index contributed by atoms with van der Waals surface area (Å²) in [5, 5.41) is 0. The number of hydrogen-bond donors (Lipinski definition) is 0. The van der Waals surface area contributed by atoms with Crippen molar-refractivity contribution in [3.63, 3.8) is 0 Å². The number of ether oxygens (including phenoxy) is 3. The number of unbranched alkanes of at least 4 members (excludes halogenated alkanes) is 3. The van der Waals surface area contributed by atoms with Gasteiger partial charge in [-0.05, 0) is 25.7 Å². The molecule has 0 aromatic carbocycles. The number of rotatable bonds is 15. The summed E-state index contributed by atoms with van der Waals surface area (Å²) in [7, 11) is 0. The number of esters is 1. The summed E-state index contributed by atoms with van der Waals surface area (Å²) in [6.07, 6.45) is 7.12. The van der Waals surface area contributed by atoms with Gasteiger partial charge in [0.05, 0.1) is 19.8 Å². The molecule has 0 aromatic heterocycles. The van der Waals surface area contributed by atoms with Gasteiger partial charge in [-0.15, -0.1) is 0 Å². The van der Waals surface area contributed by atoms with Crippen molar-refractivity contribution in [2.45, 2.75) is 65.7 Å². The fraction of sp³-hybridized carbons (Fsp3) is 0.941. The molecule has 0 aliphatic rings. The molecular formula is C17H34O4. The first-order valence-corrected chi connectivity index (χ1v) is 8.48. The summed E-state index contributed by atoms with van der Waals surface area (Å²) >= 11 is 0. The standard InChI is InChI=1S/C17H34O4/c1-4-19-14-15-20-12-9-11-17(18)21-13-8-6-5-7-10-16(2)3/h16H,4-15H2,1-3H3. The van der Waals surface area contributed by atoms with Crippen molar-refractivity contribution in [3.05, 3.63) is 0 Å². The minimum atomic E-state index is -0.106. The third-order valence-corrected chi connectivity index (χ3v) is 3.18. The van der Waals surface area contributed by atoms with E-state index >= 15 is 0 Å². The maximum Gasteiger partial charge on any atom is 0.305 e. The Morgan fingerprint density at radius 3 is 2.29 bits per heavy atom. The Morgan fingerprint density at radius 1 is 0.857 bits per heavy atom. The average Bonchev–Trinajstić information content (AvgIpc) is 2.45. The summed E-state index contributed by atoms with van der Waals surface area (Å²) in [6.45, 7) is 9.55. The Hall–Kier alpha value is -0.610.